The first-order valence-electron chi connectivity index (χ1n) is 8.21. The molecule has 0 saturated heterocycles. The summed E-state index contributed by atoms with van der Waals surface area (Å²) < 4.78 is 0. The Kier molecular flexibility index (Phi) is 5.23. The van der Waals surface area contributed by atoms with Gasteiger partial charge in [-0.1, -0.05) is 29.8 Å². The number of aromatic carboxylic acids is 1. The lowest BCUT2D eigenvalue weighted by Crippen LogP contribution is -1.98. The van der Waals surface area contributed by atoms with Gasteiger partial charge in [-0.2, -0.15) is 0 Å². The largest absolute Gasteiger partial charge is 0.478 e. The van der Waals surface area contributed by atoms with Gasteiger partial charge >= 0.3 is 5.97 Å². The van der Waals surface area contributed by atoms with Crippen LogP contribution in [0.5, 0.6) is 0 Å². The Morgan fingerprint density at radius 2 is 1.96 bits per heavy atom. The zero-order valence-corrected chi connectivity index (χ0v) is 14.9. The molecule has 0 amide bonds. The molecule has 2 aromatic carbocycles. The van der Waals surface area contributed by atoms with Gasteiger partial charge in [0.2, 0.25) is 0 Å². The first kappa shape index (κ1) is 18.6. The Balaban J connectivity index is 0.000000157. The monoisotopic (exact) mass is 385 g/mol. The van der Waals surface area contributed by atoms with Crippen molar-refractivity contribution >= 4 is 39.8 Å². The summed E-state index contributed by atoms with van der Waals surface area (Å²) in [6.07, 6.45) is 3.38. The first-order valence-corrected chi connectivity index (χ1v) is 8.59. The van der Waals surface area contributed by atoms with Crippen molar-refractivity contribution in [3.05, 3.63) is 74.4 Å². The number of hydrogen-bond acceptors (Lipinski definition) is 5. The number of nitro groups is 1. The Labute approximate surface area is 159 Å². The van der Waals surface area contributed by atoms with Gasteiger partial charge in [0, 0.05) is 28.9 Å². The number of anilines is 1. The molecule has 0 bridgehead atoms. The van der Waals surface area contributed by atoms with E-state index in [1.807, 2.05) is 18.2 Å². The van der Waals surface area contributed by atoms with E-state index in [0.29, 0.717) is 0 Å². The van der Waals surface area contributed by atoms with Gasteiger partial charge in [0.15, 0.2) is 0 Å². The van der Waals surface area contributed by atoms with Crippen LogP contribution in [-0.2, 0) is 12.8 Å². The highest BCUT2D eigenvalue weighted by molar-refractivity contribution is 6.33. The smallest absolute Gasteiger partial charge is 0.337 e. The Hall–Kier alpha value is -3.19. The van der Waals surface area contributed by atoms with Gasteiger partial charge in [-0.3, -0.25) is 15.1 Å². The van der Waals surface area contributed by atoms with Crippen molar-refractivity contribution in [3.8, 4) is 0 Å². The Morgan fingerprint density at radius 1 is 1.22 bits per heavy atom. The zero-order chi connectivity index (χ0) is 19.6. The Bertz CT molecular complexity index is 1050. The first-order chi connectivity index (χ1) is 12.9. The minimum Gasteiger partial charge on any atom is -0.478 e. The fraction of sp³-hybridized carbons (Fsp3) is 0.158. The number of pyridine rings is 1. The molecule has 0 aliphatic heterocycles. The number of nitrogens with two attached hydrogens (primary N) is 1. The minimum atomic E-state index is -1.28. The fourth-order valence-corrected chi connectivity index (χ4v) is 3.24. The van der Waals surface area contributed by atoms with Crippen LogP contribution in [0.4, 0.5) is 11.4 Å². The average molecular weight is 386 g/mol. The van der Waals surface area contributed by atoms with Gasteiger partial charge < -0.3 is 10.8 Å². The van der Waals surface area contributed by atoms with Crippen LogP contribution < -0.4 is 5.73 Å². The number of fused-ring (bicyclic) bond motifs is 2. The van der Waals surface area contributed by atoms with Crippen LogP contribution in [0.25, 0.3) is 10.9 Å². The molecule has 0 unspecified atom stereocenters. The third-order valence-electron chi connectivity index (χ3n) is 4.35. The molecule has 0 spiro atoms. The van der Waals surface area contributed by atoms with Crippen molar-refractivity contribution in [3.63, 3.8) is 0 Å². The van der Waals surface area contributed by atoms with Gasteiger partial charge in [-0.15, -0.1) is 0 Å². The minimum absolute atomic E-state index is 0.0156. The molecule has 0 saturated carbocycles. The van der Waals surface area contributed by atoms with Crippen LogP contribution in [0.3, 0.4) is 0 Å². The molecule has 3 aromatic rings. The van der Waals surface area contributed by atoms with Crippen molar-refractivity contribution in [2.24, 2.45) is 0 Å². The van der Waals surface area contributed by atoms with Gasteiger partial charge in [-0.05, 0) is 37.0 Å². The molecule has 1 aliphatic rings. The average Bonchev–Trinajstić information content (AvgIpc) is 3.11. The van der Waals surface area contributed by atoms with Crippen molar-refractivity contribution in [2.45, 2.75) is 19.3 Å². The van der Waals surface area contributed by atoms with Crippen molar-refractivity contribution in [1.82, 2.24) is 4.98 Å². The topological polar surface area (TPSA) is 119 Å². The standard InChI is InChI=1S/C12H12N2.C7H4ClNO4/c13-12-8-4-1-2-6-10(8)14-11-7-3-5-9(11)12;8-6-2-1-4(9(12)13)3-5(6)7(10)11/h1-2,4,6H,3,5,7H2,(H2,13,14);1-3H,(H,10,11). The summed E-state index contributed by atoms with van der Waals surface area (Å²) in [7, 11) is 0. The van der Waals surface area contributed by atoms with E-state index in [2.05, 4.69) is 11.1 Å². The molecular weight excluding hydrogens is 370 g/mol. The number of para-hydroxylation sites is 1. The SMILES string of the molecule is Nc1c2c(nc3ccccc13)CCC2.O=C(O)c1cc([N+](=O)[O-])ccc1Cl. The summed E-state index contributed by atoms with van der Waals surface area (Å²) in [5, 5.41) is 19.9. The number of carboxylic acids is 1. The van der Waals surface area contributed by atoms with Crippen molar-refractivity contribution in [1.29, 1.82) is 0 Å². The summed E-state index contributed by atoms with van der Waals surface area (Å²) in [4.78, 5) is 24.7. The van der Waals surface area contributed by atoms with E-state index in [-0.39, 0.29) is 16.3 Å². The predicted octanol–water partition coefficient (Wildman–Crippen LogP) is 4.25. The number of nitro benzene ring substituents is 1. The normalized spacial score (nSPS) is 12.2. The number of rotatable bonds is 2. The van der Waals surface area contributed by atoms with E-state index in [1.165, 1.54) is 23.7 Å². The molecular formula is C19H16ClN3O4. The van der Waals surface area contributed by atoms with Crippen LogP contribution >= 0.6 is 11.6 Å². The molecule has 7 nitrogen and oxygen atoms in total. The molecule has 138 valence electrons. The number of carbonyl (C=O) groups is 1. The summed E-state index contributed by atoms with van der Waals surface area (Å²) in [6.45, 7) is 0. The maximum Gasteiger partial charge on any atom is 0.337 e. The maximum absolute atomic E-state index is 10.5. The molecule has 3 N–H and O–H groups in total. The summed E-state index contributed by atoms with van der Waals surface area (Å²) >= 11 is 5.49. The van der Waals surface area contributed by atoms with Crippen LogP contribution in [0.15, 0.2) is 42.5 Å². The third kappa shape index (κ3) is 3.83. The predicted molar refractivity (Wildman–Crippen MR) is 103 cm³/mol. The molecule has 0 atom stereocenters. The van der Waals surface area contributed by atoms with E-state index >= 15 is 0 Å². The summed E-state index contributed by atoms with van der Waals surface area (Å²) in [6, 6.07) is 11.4. The van der Waals surface area contributed by atoms with E-state index in [9.17, 15) is 14.9 Å². The highest BCUT2D eigenvalue weighted by Crippen LogP contribution is 2.31. The molecule has 8 heteroatoms. The quantitative estimate of drug-likeness (QED) is 0.502. The van der Waals surface area contributed by atoms with Crippen LogP contribution in [-0.4, -0.2) is 21.0 Å². The molecule has 0 radical (unpaired) electrons. The number of halogens is 1. The summed E-state index contributed by atoms with van der Waals surface area (Å²) in [5.74, 6) is -1.28. The van der Waals surface area contributed by atoms with Gasteiger partial charge in [0.25, 0.3) is 5.69 Å². The molecule has 27 heavy (non-hydrogen) atoms. The van der Waals surface area contributed by atoms with Gasteiger partial charge in [0.05, 0.1) is 21.0 Å². The van der Waals surface area contributed by atoms with E-state index < -0.39 is 10.9 Å². The second-order valence-corrected chi connectivity index (χ2v) is 6.46. The zero-order valence-electron chi connectivity index (χ0n) is 14.2. The number of hydrogen-bond donors (Lipinski definition) is 2. The van der Waals surface area contributed by atoms with E-state index in [0.717, 1.165) is 41.6 Å². The van der Waals surface area contributed by atoms with Gasteiger partial charge in [-0.25, -0.2) is 4.79 Å². The van der Waals surface area contributed by atoms with Crippen molar-refractivity contribution < 1.29 is 14.8 Å². The van der Waals surface area contributed by atoms with Gasteiger partial charge in [0.1, 0.15) is 0 Å². The molecule has 1 aliphatic carbocycles. The lowest BCUT2D eigenvalue weighted by molar-refractivity contribution is -0.384. The highest BCUT2D eigenvalue weighted by Gasteiger charge is 2.17. The lowest BCUT2D eigenvalue weighted by Gasteiger charge is -2.07. The van der Waals surface area contributed by atoms with E-state index in [1.54, 1.807) is 0 Å². The number of carboxylic acid groups (broad SMARTS) is 1. The van der Waals surface area contributed by atoms with Crippen LogP contribution in [0.1, 0.15) is 28.0 Å². The van der Waals surface area contributed by atoms with Crippen LogP contribution in [0, 0.1) is 10.1 Å². The number of aryl methyl sites for hydroxylation is 1. The molecule has 0 fully saturated rings. The second-order valence-electron chi connectivity index (χ2n) is 6.05. The number of non-ortho nitro benzene ring substituents is 1. The fourth-order valence-electron chi connectivity index (χ4n) is 3.04. The van der Waals surface area contributed by atoms with Crippen LogP contribution in [0.2, 0.25) is 5.02 Å². The third-order valence-corrected chi connectivity index (χ3v) is 4.68. The molecule has 1 aromatic heterocycles. The second kappa shape index (κ2) is 7.59. The van der Waals surface area contributed by atoms with E-state index in [4.69, 9.17) is 22.4 Å². The maximum atomic E-state index is 10.5. The number of aromatic nitrogens is 1. The molecule has 1 heterocycles. The lowest BCUT2D eigenvalue weighted by atomic mass is 10.1. The Morgan fingerprint density at radius 3 is 2.67 bits per heavy atom. The highest BCUT2D eigenvalue weighted by atomic mass is 35.5. The number of nitrogen functional groups attached to an aromatic ring is 1. The number of benzene rings is 2. The van der Waals surface area contributed by atoms with Crippen molar-refractivity contribution in [2.75, 3.05) is 5.73 Å². The molecule has 4 rings (SSSR count). The summed E-state index contributed by atoms with van der Waals surface area (Å²) in [5.41, 5.74) is 10.0. The number of nitrogens with zero attached hydrogens (tertiary/aromatic N) is 2.